The zero-order chi connectivity index (χ0) is 16.7. The van der Waals surface area contributed by atoms with Crippen LogP contribution in [0.15, 0.2) is 36.9 Å². The number of carbonyl (C=O) groups excluding carboxylic acids is 1. The molecule has 2 atom stereocenters. The van der Waals surface area contributed by atoms with Crippen molar-refractivity contribution in [3.05, 3.63) is 42.5 Å². The van der Waals surface area contributed by atoms with Gasteiger partial charge in [0.2, 0.25) is 0 Å². The molecule has 1 aliphatic heterocycles. The van der Waals surface area contributed by atoms with Crippen molar-refractivity contribution in [2.24, 2.45) is 17.8 Å². The van der Waals surface area contributed by atoms with Crippen LogP contribution < -0.4 is 0 Å². The molecule has 7 nitrogen and oxygen atoms in total. The van der Waals surface area contributed by atoms with E-state index in [1.54, 1.807) is 28.0 Å². The summed E-state index contributed by atoms with van der Waals surface area (Å²) < 4.78 is 1.55. The highest BCUT2D eigenvalue weighted by molar-refractivity contribution is 5.98. The van der Waals surface area contributed by atoms with Crippen molar-refractivity contribution in [1.82, 2.24) is 19.7 Å². The maximum Gasteiger partial charge on any atom is 0.308 e. The van der Waals surface area contributed by atoms with Gasteiger partial charge in [0.05, 0.1) is 17.2 Å². The first-order valence-electron chi connectivity index (χ1n) is 8.11. The van der Waals surface area contributed by atoms with Crippen LogP contribution in [0, 0.1) is 17.8 Å². The van der Waals surface area contributed by atoms with Gasteiger partial charge in [-0.2, -0.15) is 5.10 Å². The van der Waals surface area contributed by atoms with E-state index in [0.717, 1.165) is 12.8 Å². The summed E-state index contributed by atoms with van der Waals surface area (Å²) in [4.78, 5) is 30.1. The zero-order valence-electron chi connectivity index (χ0n) is 13.1. The lowest BCUT2D eigenvalue weighted by molar-refractivity contribution is -0.142. The summed E-state index contributed by atoms with van der Waals surface area (Å²) in [7, 11) is 0. The van der Waals surface area contributed by atoms with E-state index in [9.17, 15) is 14.7 Å². The Hall–Kier alpha value is -2.70. The normalized spacial score (nSPS) is 23.4. The molecule has 2 aliphatic rings. The number of nitrogens with zero attached hydrogens (tertiary/aromatic N) is 4. The molecule has 0 unspecified atom stereocenters. The monoisotopic (exact) mass is 326 g/mol. The largest absolute Gasteiger partial charge is 0.481 e. The highest BCUT2D eigenvalue weighted by atomic mass is 16.4. The molecule has 1 amide bonds. The fourth-order valence-corrected chi connectivity index (χ4v) is 3.62. The number of benzene rings is 1. The summed E-state index contributed by atoms with van der Waals surface area (Å²) in [5, 5.41) is 13.6. The summed E-state index contributed by atoms with van der Waals surface area (Å²) in [6.07, 6.45) is 5.11. The first-order chi connectivity index (χ1) is 11.6. The van der Waals surface area contributed by atoms with Gasteiger partial charge in [0, 0.05) is 13.1 Å². The lowest BCUT2D eigenvalue weighted by Crippen LogP contribution is -2.30. The van der Waals surface area contributed by atoms with Gasteiger partial charge in [-0.25, -0.2) is 9.67 Å². The van der Waals surface area contributed by atoms with Crippen molar-refractivity contribution in [2.75, 3.05) is 13.1 Å². The van der Waals surface area contributed by atoms with Crippen molar-refractivity contribution in [1.29, 1.82) is 0 Å². The predicted octanol–water partition coefficient (Wildman–Crippen LogP) is 1.45. The standard InChI is InChI=1S/C17H18N4O3/c22-16(12-3-1-2-4-15(12)21-10-18-9-19-21)20-7-13(11-5-6-11)14(8-20)17(23)24/h1-4,9-11,13-14H,5-8H2,(H,23,24)/t13-,14+/m0/s1. The first kappa shape index (κ1) is 14.9. The second-order valence-corrected chi connectivity index (χ2v) is 6.51. The molecule has 2 fully saturated rings. The average molecular weight is 326 g/mol. The fraction of sp³-hybridized carbons (Fsp3) is 0.412. The predicted molar refractivity (Wildman–Crippen MR) is 84.6 cm³/mol. The number of likely N-dealkylation sites (tertiary alicyclic amines) is 1. The van der Waals surface area contributed by atoms with Gasteiger partial charge in [-0.15, -0.1) is 0 Å². The molecular formula is C17H18N4O3. The molecule has 1 aliphatic carbocycles. The summed E-state index contributed by atoms with van der Waals surface area (Å²) in [6.45, 7) is 0.799. The third kappa shape index (κ3) is 2.55. The van der Waals surface area contributed by atoms with E-state index in [1.165, 1.54) is 6.33 Å². The number of hydrogen-bond acceptors (Lipinski definition) is 4. The molecule has 0 spiro atoms. The molecule has 0 radical (unpaired) electrons. The first-order valence-corrected chi connectivity index (χ1v) is 8.11. The molecule has 124 valence electrons. The number of amides is 1. The maximum atomic E-state index is 13.0. The number of para-hydroxylation sites is 1. The Labute approximate surface area is 138 Å². The van der Waals surface area contributed by atoms with Crippen LogP contribution in [-0.2, 0) is 4.79 Å². The van der Waals surface area contributed by atoms with E-state index in [4.69, 9.17) is 0 Å². The number of aromatic nitrogens is 3. The second-order valence-electron chi connectivity index (χ2n) is 6.51. The van der Waals surface area contributed by atoms with Crippen molar-refractivity contribution >= 4 is 11.9 Å². The Morgan fingerprint density at radius 3 is 2.62 bits per heavy atom. The molecule has 4 rings (SSSR count). The van der Waals surface area contributed by atoms with Crippen LogP contribution in [0.1, 0.15) is 23.2 Å². The molecule has 1 N–H and O–H groups in total. The topological polar surface area (TPSA) is 88.3 Å². The zero-order valence-corrected chi connectivity index (χ0v) is 13.1. The van der Waals surface area contributed by atoms with E-state index in [2.05, 4.69) is 10.1 Å². The summed E-state index contributed by atoms with van der Waals surface area (Å²) >= 11 is 0. The van der Waals surface area contributed by atoms with Crippen LogP contribution in [0.3, 0.4) is 0 Å². The van der Waals surface area contributed by atoms with Crippen LogP contribution in [-0.4, -0.2) is 49.7 Å². The lowest BCUT2D eigenvalue weighted by Gasteiger charge is -2.18. The maximum absolute atomic E-state index is 13.0. The van der Waals surface area contributed by atoms with Crippen LogP contribution in [0.2, 0.25) is 0 Å². The van der Waals surface area contributed by atoms with E-state index < -0.39 is 11.9 Å². The van der Waals surface area contributed by atoms with Gasteiger partial charge in [0.1, 0.15) is 12.7 Å². The molecule has 24 heavy (non-hydrogen) atoms. The third-order valence-corrected chi connectivity index (χ3v) is 5.00. The molecular weight excluding hydrogens is 308 g/mol. The molecule has 1 saturated heterocycles. The number of rotatable bonds is 4. The summed E-state index contributed by atoms with van der Waals surface area (Å²) in [5.41, 5.74) is 1.17. The second kappa shape index (κ2) is 5.74. The van der Waals surface area contributed by atoms with E-state index in [1.807, 2.05) is 12.1 Å². The average Bonchev–Trinajstić information content (AvgIpc) is 3.12. The van der Waals surface area contributed by atoms with Crippen molar-refractivity contribution in [2.45, 2.75) is 12.8 Å². The van der Waals surface area contributed by atoms with E-state index in [-0.39, 0.29) is 18.4 Å². The van der Waals surface area contributed by atoms with Crippen LogP contribution in [0.25, 0.3) is 5.69 Å². The van der Waals surface area contributed by atoms with Crippen molar-refractivity contribution in [3.63, 3.8) is 0 Å². The lowest BCUT2D eigenvalue weighted by atomic mass is 9.92. The van der Waals surface area contributed by atoms with E-state index in [0.29, 0.717) is 23.7 Å². The van der Waals surface area contributed by atoms with Crippen LogP contribution >= 0.6 is 0 Å². The minimum atomic E-state index is -0.799. The van der Waals surface area contributed by atoms with Gasteiger partial charge >= 0.3 is 5.97 Å². The van der Waals surface area contributed by atoms with Crippen LogP contribution in [0.5, 0.6) is 0 Å². The Balaban J connectivity index is 1.62. The van der Waals surface area contributed by atoms with Crippen molar-refractivity contribution < 1.29 is 14.7 Å². The number of carboxylic acids is 1. The molecule has 2 heterocycles. The number of aliphatic carboxylic acids is 1. The highest BCUT2D eigenvalue weighted by Crippen LogP contribution is 2.44. The van der Waals surface area contributed by atoms with Gasteiger partial charge in [-0.1, -0.05) is 12.1 Å². The van der Waals surface area contributed by atoms with Crippen LogP contribution in [0.4, 0.5) is 0 Å². The molecule has 2 aromatic rings. The summed E-state index contributed by atoms with van der Waals surface area (Å²) in [5.74, 6) is -0.873. The van der Waals surface area contributed by atoms with Gasteiger partial charge in [-0.3, -0.25) is 9.59 Å². The third-order valence-electron chi connectivity index (χ3n) is 5.00. The van der Waals surface area contributed by atoms with Gasteiger partial charge in [0.15, 0.2) is 0 Å². The minimum absolute atomic E-state index is 0.0741. The smallest absolute Gasteiger partial charge is 0.308 e. The number of carbonyl (C=O) groups is 2. The number of carboxylic acid groups (broad SMARTS) is 1. The SMILES string of the molecule is O=C(O)[C@@H]1CN(C(=O)c2ccccc2-n2cncn2)C[C@H]1C1CC1. The summed E-state index contributed by atoms with van der Waals surface area (Å²) in [6, 6.07) is 7.20. The quantitative estimate of drug-likeness (QED) is 0.919. The van der Waals surface area contributed by atoms with Gasteiger partial charge < -0.3 is 10.0 Å². The Kier molecular flexibility index (Phi) is 3.55. The van der Waals surface area contributed by atoms with Gasteiger partial charge in [0.25, 0.3) is 5.91 Å². The fourth-order valence-electron chi connectivity index (χ4n) is 3.62. The number of hydrogen-bond donors (Lipinski definition) is 1. The minimum Gasteiger partial charge on any atom is -0.481 e. The molecule has 7 heteroatoms. The van der Waals surface area contributed by atoms with E-state index >= 15 is 0 Å². The Morgan fingerprint density at radius 2 is 1.96 bits per heavy atom. The van der Waals surface area contributed by atoms with Crippen molar-refractivity contribution in [3.8, 4) is 5.69 Å². The Morgan fingerprint density at radius 1 is 1.17 bits per heavy atom. The molecule has 1 aromatic heterocycles. The molecule has 1 aromatic carbocycles. The highest BCUT2D eigenvalue weighted by Gasteiger charge is 2.47. The van der Waals surface area contributed by atoms with Gasteiger partial charge in [-0.05, 0) is 36.8 Å². The Bertz CT molecular complexity index is 770. The molecule has 1 saturated carbocycles. The molecule has 0 bridgehead atoms.